The van der Waals surface area contributed by atoms with Crippen molar-refractivity contribution in [3.8, 4) is 0 Å². The summed E-state index contributed by atoms with van der Waals surface area (Å²) in [6.45, 7) is 3.61. The lowest BCUT2D eigenvalue weighted by molar-refractivity contribution is 0.751. The summed E-state index contributed by atoms with van der Waals surface area (Å²) in [6, 6.07) is 5.84. The molecule has 6 nitrogen and oxygen atoms in total. The Morgan fingerprint density at radius 1 is 1.33 bits per heavy atom. The van der Waals surface area contributed by atoms with Crippen molar-refractivity contribution in [1.29, 1.82) is 0 Å². The third-order valence-corrected chi connectivity index (χ3v) is 2.56. The lowest BCUT2D eigenvalue weighted by atomic mass is 10.4. The first-order valence-corrected chi connectivity index (χ1v) is 6.08. The second-order valence-corrected chi connectivity index (χ2v) is 3.90. The first-order valence-electron chi connectivity index (χ1n) is 6.08. The van der Waals surface area contributed by atoms with E-state index in [0.29, 0.717) is 6.54 Å². The Morgan fingerprint density at radius 3 is 3.00 bits per heavy atom. The number of pyridine rings is 1. The molecule has 0 atom stereocenters. The van der Waals surface area contributed by atoms with Crippen molar-refractivity contribution in [2.75, 3.05) is 13.6 Å². The number of guanidine groups is 1. The molecule has 6 heteroatoms. The quantitative estimate of drug-likeness (QED) is 0.618. The zero-order valence-corrected chi connectivity index (χ0v) is 10.7. The number of rotatable bonds is 4. The van der Waals surface area contributed by atoms with Crippen molar-refractivity contribution >= 4 is 11.6 Å². The van der Waals surface area contributed by atoms with Gasteiger partial charge < -0.3 is 10.6 Å². The Bertz CT molecular complexity index is 530. The summed E-state index contributed by atoms with van der Waals surface area (Å²) in [6.07, 6.45) is 3.02. The first kappa shape index (κ1) is 12.3. The highest BCUT2D eigenvalue weighted by Gasteiger charge is 2.04. The van der Waals surface area contributed by atoms with E-state index in [4.69, 9.17) is 0 Å². The molecule has 0 saturated heterocycles. The van der Waals surface area contributed by atoms with Crippen LogP contribution in [-0.2, 0) is 6.54 Å². The van der Waals surface area contributed by atoms with Gasteiger partial charge in [-0.3, -0.25) is 9.39 Å². The van der Waals surface area contributed by atoms with Crippen molar-refractivity contribution in [1.82, 2.24) is 25.2 Å². The summed E-state index contributed by atoms with van der Waals surface area (Å²) in [5.74, 6) is 1.65. The molecule has 0 fully saturated rings. The van der Waals surface area contributed by atoms with Crippen LogP contribution in [0.4, 0.5) is 0 Å². The van der Waals surface area contributed by atoms with Crippen LogP contribution < -0.4 is 10.6 Å². The van der Waals surface area contributed by atoms with Crippen LogP contribution in [0, 0.1) is 0 Å². The molecule has 2 rings (SSSR count). The van der Waals surface area contributed by atoms with Crippen molar-refractivity contribution < 1.29 is 0 Å². The maximum Gasteiger partial charge on any atom is 0.191 e. The Balaban J connectivity index is 2.01. The maximum atomic E-state index is 4.15. The molecule has 0 aliphatic carbocycles. The Morgan fingerprint density at radius 2 is 2.22 bits per heavy atom. The zero-order valence-electron chi connectivity index (χ0n) is 10.7. The van der Waals surface area contributed by atoms with Crippen molar-refractivity contribution in [3.63, 3.8) is 0 Å². The highest BCUT2D eigenvalue weighted by Crippen LogP contribution is 2.01. The number of nitrogens with zero attached hydrogens (tertiary/aromatic N) is 4. The molecule has 0 saturated carbocycles. The topological polar surface area (TPSA) is 66.6 Å². The minimum atomic E-state index is 0.592. The van der Waals surface area contributed by atoms with Gasteiger partial charge in [0.25, 0.3) is 0 Å². The molecule has 2 N–H and O–H groups in total. The van der Waals surface area contributed by atoms with Crippen LogP contribution in [-0.4, -0.2) is 34.2 Å². The summed E-state index contributed by atoms with van der Waals surface area (Å²) in [5.41, 5.74) is 0.853. The molecular weight excluding hydrogens is 228 g/mol. The normalized spacial score (nSPS) is 11.8. The van der Waals surface area contributed by atoms with Gasteiger partial charge in [-0.05, 0) is 18.6 Å². The second-order valence-electron chi connectivity index (χ2n) is 3.90. The number of aliphatic imine (C=N–C) groups is 1. The third kappa shape index (κ3) is 2.77. The van der Waals surface area contributed by atoms with Gasteiger partial charge >= 0.3 is 0 Å². The molecular formula is C12H18N6. The van der Waals surface area contributed by atoms with Gasteiger partial charge in [-0.1, -0.05) is 13.0 Å². The van der Waals surface area contributed by atoms with Gasteiger partial charge in [-0.15, -0.1) is 10.2 Å². The van der Waals surface area contributed by atoms with Gasteiger partial charge in [0, 0.05) is 19.8 Å². The van der Waals surface area contributed by atoms with E-state index in [0.717, 1.165) is 30.4 Å². The monoisotopic (exact) mass is 246 g/mol. The SMILES string of the molecule is CCCNC(=NC)NCc1nnc2ccccn12. The first-order chi connectivity index (χ1) is 8.85. The van der Waals surface area contributed by atoms with E-state index < -0.39 is 0 Å². The molecule has 0 aliphatic heterocycles. The summed E-state index contributed by atoms with van der Waals surface area (Å²) in [5, 5.41) is 14.7. The van der Waals surface area contributed by atoms with Crippen LogP contribution >= 0.6 is 0 Å². The van der Waals surface area contributed by atoms with E-state index in [1.807, 2.05) is 28.8 Å². The highest BCUT2D eigenvalue weighted by atomic mass is 15.3. The van der Waals surface area contributed by atoms with Gasteiger partial charge in [0.1, 0.15) is 0 Å². The van der Waals surface area contributed by atoms with Crippen molar-refractivity contribution in [3.05, 3.63) is 30.2 Å². The average Bonchev–Trinajstić information content (AvgIpc) is 2.82. The predicted octanol–water partition coefficient (Wildman–Crippen LogP) is 0.804. The molecule has 0 aliphatic rings. The lowest BCUT2D eigenvalue weighted by Gasteiger charge is -2.09. The maximum absolute atomic E-state index is 4.15. The molecule has 18 heavy (non-hydrogen) atoms. The molecule has 0 spiro atoms. The molecule has 0 bridgehead atoms. The Hall–Kier alpha value is -2.11. The fourth-order valence-electron chi connectivity index (χ4n) is 1.64. The van der Waals surface area contributed by atoms with Gasteiger partial charge in [0.05, 0.1) is 6.54 Å². The van der Waals surface area contributed by atoms with Gasteiger partial charge in [0.2, 0.25) is 0 Å². The average molecular weight is 246 g/mol. The fourth-order valence-corrected chi connectivity index (χ4v) is 1.64. The van der Waals surface area contributed by atoms with Crippen molar-refractivity contribution in [2.45, 2.75) is 19.9 Å². The van der Waals surface area contributed by atoms with Crippen LogP contribution in [0.1, 0.15) is 19.2 Å². The molecule has 2 aromatic rings. The second kappa shape index (κ2) is 6.00. The predicted molar refractivity (Wildman–Crippen MR) is 71.5 cm³/mol. The molecule has 2 heterocycles. The van der Waals surface area contributed by atoms with Gasteiger partial charge in [0.15, 0.2) is 17.4 Å². The van der Waals surface area contributed by atoms with E-state index in [9.17, 15) is 0 Å². The van der Waals surface area contributed by atoms with Crippen LogP contribution in [0.25, 0.3) is 5.65 Å². The highest BCUT2D eigenvalue weighted by molar-refractivity contribution is 5.79. The summed E-state index contributed by atoms with van der Waals surface area (Å²) in [7, 11) is 1.76. The Labute approximate surface area is 106 Å². The van der Waals surface area contributed by atoms with Crippen LogP contribution in [0.15, 0.2) is 29.4 Å². The number of aromatic nitrogens is 3. The number of hydrogen-bond acceptors (Lipinski definition) is 3. The molecule has 0 radical (unpaired) electrons. The minimum absolute atomic E-state index is 0.592. The third-order valence-electron chi connectivity index (χ3n) is 2.56. The molecule has 96 valence electrons. The minimum Gasteiger partial charge on any atom is -0.356 e. The van der Waals surface area contributed by atoms with Gasteiger partial charge in [-0.25, -0.2) is 0 Å². The van der Waals surface area contributed by atoms with Crippen LogP contribution in [0.5, 0.6) is 0 Å². The van der Waals surface area contributed by atoms with E-state index in [2.05, 4.69) is 32.7 Å². The van der Waals surface area contributed by atoms with Crippen LogP contribution in [0.3, 0.4) is 0 Å². The largest absolute Gasteiger partial charge is 0.356 e. The standard InChI is InChI=1S/C12H18N6/c1-3-7-14-12(13-2)15-9-11-17-16-10-6-4-5-8-18(10)11/h4-6,8H,3,7,9H2,1-2H3,(H2,13,14,15). The van der Waals surface area contributed by atoms with E-state index >= 15 is 0 Å². The number of nitrogens with one attached hydrogen (secondary N) is 2. The van der Waals surface area contributed by atoms with E-state index in [1.54, 1.807) is 7.05 Å². The van der Waals surface area contributed by atoms with Gasteiger partial charge in [-0.2, -0.15) is 0 Å². The smallest absolute Gasteiger partial charge is 0.191 e. The molecule has 0 amide bonds. The van der Waals surface area contributed by atoms with E-state index in [-0.39, 0.29) is 0 Å². The van der Waals surface area contributed by atoms with Crippen LogP contribution in [0.2, 0.25) is 0 Å². The summed E-state index contributed by atoms with van der Waals surface area (Å²) in [4.78, 5) is 4.14. The number of fused-ring (bicyclic) bond motifs is 1. The molecule has 0 unspecified atom stereocenters. The molecule has 2 aromatic heterocycles. The molecule has 0 aromatic carbocycles. The van der Waals surface area contributed by atoms with E-state index in [1.165, 1.54) is 0 Å². The number of hydrogen-bond donors (Lipinski definition) is 2. The zero-order chi connectivity index (χ0) is 12.8. The fraction of sp³-hybridized carbons (Fsp3) is 0.417. The Kier molecular flexibility index (Phi) is 4.11. The lowest BCUT2D eigenvalue weighted by Crippen LogP contribution is -2.37. The summed E-state index contributed by atoms with van der Waals surface area (Å²) >= 11 is 0. The van der Waals surface area contributed by atoms with Crippen molar-refractivity contribution in [2.24, 2.45) is 4.99 Å². The summed E-state index contributed by atoms with van der Waals surface area (Å²) < 4.78 is 1.96.